The average molecular weight is 416 g/mol. The number of rotatable bonds is 6. The lowest BCUT2D eigenvalue weighted by Crippen LogP contribution is -2.49. The van der Waals surface area contributed by atoms with Crippen LogP contribution >= 0.6 is 11.8 Å². The number of benzene rings is 2. The molecule has 0 radical (unpaired) electrons. The van der Waals surface area contributed by atoms with Gasteiger partial charge in [-0.1, -0.05) is 17.7 Å². The van der Waals surface area contributed by atoms with Crippen molar-refractivity contribution in [1.82, 2.24) is 4.90 Å². The van der Waals surface area contributed by atoms with E-state index in [0.29, 0.717) is 13.1 Å². The number of anilines is 2. The molecule has 0 aromatic heterocycles. The predicted molar refractivity (Wildman–Crippen MR) is 117 cm³/mol. The summed E-state index contributed by atoms with van der Waals surface area (Å²) < 4.78 is 13.1. The first-order valence-electron chi connectivity index (χ1n) is 9.65. The maximum absolute atomic E-state index is 13.1. The first-order valence-corrected chi connectivity index (χ1v) is 10.8. The summed E-state index contributed by atoms with van der Waals surface area (Å²) in [6.07, 6.45) is 0. The van der Waals surface area contributed by atoms with Crippen LogP contribution in [-0.2, 0) is 9.59 Å². The molecule has 0 unspecified atom stereocenters. The molecule has 1 aliphatic heterocycles. The third-order valence-corrected chi connectivity index (χ3v) is 5.86. The summed E-state index contributed by atoms with van der Waals surface area (Å²) in [4.78, 5) is 28.5. The predicted octanol–water partition coefficient (Wildman–Crippen LogP) is 3.46. The van der Waals surface area contributed by atoms with Crippen LogP contribution in [0.1, 0.15) is 11.1 Å². The number of carbonyl (C=O) groups excluding carboxylic acids is 2. The number of nitrogens with one attached hydrogen (secondary N) is 1. The first kappa shape index (κ1) is 21.2. The van der Waals surface area contributed by atoms with Crippen molar-refractivity contribution in [3.05, 3.63) is 59.4 Å². The van der Waals surface area contributed by atoms with Crippen molar-refractivity contribution < 1.29 is 14.0 Å². The minimum atomic E-state index is -0.249. The van der Waals surface area contributed by atoms with E-state index in [-0.39, 0.29) is 29.1 Å². The Labute approximate surface area is 175 Å². The number of hydrogen-bond acceptors (Lipinski definition) is 4. The van der Waals surface area contributed by atoms with Crippen LogP contribution in [-0.4, -0.2) is 54.4 Å². The molecule has 2 aromatic rings. The lowest BCUT2D eigenvalue weighted by Gasteiger charge is -2.36. The zero-order valence-corrected chi connectivity index (χ0v) is 17.6. The molecule has 0 aliphatic carbocycles. The van der Waals surface area contributed by atoms with Gasteiger partial charge in [0.05, 0.1) is 11.5 Å². The number of thioether (sulfide) groups is 1. The molecule has 1 fully saturated rings. The first-order chi connectivity index (χ1) is 13.9. The fourth-order valence-corrected chi connectivity index (χ4v) is 4.05. The van der Waals surface area contributed by atoms with E-state index in [1.807, 2.05) is 36.9 Å². The van der Waals surface area contributed by atoms with Gasteiger partial charge in [0.15, 0.2) is 0 Å². The van der Waals surface area contributed by atoms with Crippen LogP contribution in [0.4, 0.5) is 15.8 Å². The smallest absolute Gasteiger partial charge is 0.234 e. The van der Waals surface area contributed by atoms with Crippen molar-refractivity contribution in [1.29, 1.82) is 0 Å². The molecule has 154 valence electrons. The third kappa shape index (κ3) is 5.97. The SMILES string of the molecule is Cc1ccc(NC(=O)CSCC(=O)N2CCN(c3ccc(F)cc3)CC2)c(C)c1. The van der Waals surface area contributed by atoms with Gasteiger partial charge in [-0.3, -0.25) is 9.59 Å². The van der Waals surface area contributed by atoms with Crippen LogP contribution in [0.3, 0.4) is 0 Å². The Kier molecular flexibility index (Phi) is 7.14. The minimum Gasteiger partial charge on any atom is -0.368 e. The van der Waals surface area contributed by atoms with Crippen LogP contribution in [0.25, 0.3) is 0 Å². The highest BCUT2D eigenvalue weighted by molar-refractivity contribution is 8.00. The summed E-state index contributed by atoms with van der Waals surface area (Å²) in [7, 11) is 0. The summed E-state index contributed by atoms with van der Waals surface area (Å²) in [6, 6.07) is 12.3. The van der Waals surface area contributed by atoms with Gasteiger partial charge in [-0.25, -0.2) is 4.39 Å². The van der Waals surface area contributed by atoms with E-state index < -0.39 is 0 Å². The molecule has 0 spiro atoms. The number of aryl methyl sites for hydroxylation is 2. The van der Waals surface area contributed by atoms with Gasteiger partial charge in [0.25, 0.3) is 0 Å². The molecule has 3 rings (SSSR count). The van der Waals surface area contributed by atoms with E-state index in [9.17, 15) is 14.0 Å². The summed E-state index contributed by atoms with van der Waals surface area (Å²) in [6.45, 7) is 6.67. The van der Waals surface area contributed by atoms with E-state index in [0.717, 1.165) is 35.6 Å². The van der Waals surface area contributed by atoms with Crippen LogP contribution in [0, 0.1) is 19.7 Å². The molecule has 29 heavy (non-hydrogen) atoms. The second-order valence-electron chi connectivity index (χ2n) is 7.20. The second kappa shape index (κ2) is 9.78. The number of halogens is 1. The summed E-state index contributed by atoms with van der Waals surface area (Å²) in [5.41, 5.74) is 3.96. The van der Waals surface area contributed by atoms with Crippen molar-refractivity contribution >= 4 is 35.0 Å². The van der Waals surface area contributed by atoms with Crippen molar-refractivity contribution in [3.8, 4) is 0 Å². The summed E-state index contributed by atoms with van der Waals surface area (Å²) in [5.74, 6) is 0.232. The normalized spacial score (nSPS) is 14.0. The van der Waals surface area contributed by atoms with E-state index in [1.54, 1.807) is 12.1 Å². The topological polar surface area (TPSA) is 52.7 Å². The van der Waals surface area contributed by atoms with Gasteiger partial charge >= 0.3 is 0 Å². The largest absolute Gasteiger partial charge is 0.368 e. The van der Waals surface area contributed by atoms with Crippen LogP contribution < -0.4 is 10.2 Å². The number of amides is 2. The number of nitrogens with zero attached hydrogens (tertiary/aromatic N) is 2. The molecule has 2 amide bonds. The number of carbonyl (C=O) groups is 2. The van der Waals surface area contributed by atoms with Crippen molar-refractivity contribution in [2.75, 3.05) is 47.9 Å². The van der Waals surface area contributed by atoms with Gasteiger partial charge in [-0.15, -0.1) is 11.8 Å². The highest BCUT2D eigenvalue weighted by atomic mass is 32.2. The molecule has 1 N–H and O–H groups in total. The zero-order valence-electron chi connectivity index (χ0n) is 16.8. The summed E-state index contributed by atoms with van der Waals surface area (Å²) >= 11 is 1.33. The van der Waals surface area contributed by atoms with E-state index in [1.165, 1.54) is 23.9 Å². The second-order valence-corrected chi connectivity index (χ2v) is 8.19. The van der Waals surface area contributed by atoms with Crippen molar-refractivity contribution in [2.24, 2.45) is 0 Å². The molecule has 7 heteroatoms. The van der Waals surface area contributed by atoms with Crippen LogP contribution in [0.15, 0.2) is 42.5 Å². The molecule has 1 aliphatic rings. The Morgan fingerprint density at radius 2 is 1.69 bits per heavy atom. The van der Waals surface area contributed by atoms with Gasteiger partial charge < -0.3 is 15.1 Å². The van der Waals surface area contributed by atoms with Crippen LogP contribution in [0.2, 0.25) is 0 Å². The fraction of sp³-hybridized carbons (Fsp3) is 0.364. The molecule has 1 heterocycles. The number of hydrogen-bond donors (Lipinski definition) is 1. The van der Waals surface area contributed by atoms with E-state index >= 15 is 0 Å². The standard InChI is InChI=1S/C22H26FN3O2S/c1-16-3-8-20(17(2)13-16)24-21(27)14-29-15-22(28)26-11-9-25(10-12-26)19-6-4-18(23)5-7-19/h3-8,13H,9-12,14-15H2,1-2H3,(H,24,27). The van der Waals surface area contributed by atoms with Gasteiger partial charge in [0.1, 0.15) is 5.82 Å². The molecular formula is C22H26FN3O2S. The Morgan fingerprint density at radius 3 is 2.34 bits per heavy atom. The highest BCUT2D eigenvalue weighted by Gasteiger charge is 2.21. The molecule has 2 aromatic carbocycles. The molecule has 0 atom stereocenters. The van der Waals surface area contributed by atoms with E-state index in [4.69, 9.17) is 0 Å². The molecule has 1 saturated heterocycles. The quantitative estimate of drug-likeness (QED) is 0.785. The van der Waals surface area contributed by atoms with Gasteiger partial charge in [-0.2, -0.15) is 0 Å². The Bertz CT molecular complexity index is 865. The molecule has 5 nitrogen and oxygen atoms in total. The Hall–Kier alpha value is -2.54. The lowest BCUT2D eigenvalue weighted by molar-refractivity contribution is -0.128. The molecule has 0 saturated carbocycles. The maximum atomic E-state index is 13.1. The highest BCUT2D eigenvalue weighted by Crippen LogP contribution is 2.18. The van der Waals surface area contributed by atoms with Gasteiger partial charge in [0.2, 0.25) is 11.8 Å². The van der Waals surface area contributed by atoms with Crippen LogP contribution in [0.5, 0.6) is 0 Å². The third-order valence-electron chi connectivity index (χ3n) is 4.94. The zero-order chi connectivity index (χ0) is 20.8. The average Bonchev–Trinajstić information content (AvgIpc) is 2.71. The Balaban J connectivity index is 1.38. The fourth-order valence-electron chi connectivity index (χ4n) is 3.33. The van der Waals surface area contributed by atoms with Gasteiger partial charge in [-0.05, 0) is 49.7 Å². The van der Waals surface area contributed by atoms with E-state index in [2.05, 4.69) is 10.2 Å². The monoisotopic (exact) mass is 415 g/mol. The Morgan fingerprint density at radius 1 is 1.00 bits per heavy atom. The number of piperazine rings is 1. The minimum absolute atomic E-state index is 0.0491. The molecular weight excluding hydrogens is 389 g/mol. The maximum Gasteiger partial charge on any atom is 0.234 e. The van der Waals surface area contributed by atoms with Crippen molar-refractivity contribution in [2.45, 2.75) is 13.8 Å². The van der Waals surface area contributed by atoms with Gasteiger partial charge in [0, 0.05) is 37.6 Å². The van der Waals surface area contributed by atoms with Crippen molar-refractivity contribution in [3.63, 3.8) is 0 Å². The lowest BCUT2D eigenvalue weighted by atomic mass is 10.1. The summed E-state index contributed by atoms with van der Waals surface area (Å²) in [5, 5.41) is 2.90. The molecule has 0 bridgehead atoms.